The first-order chi connectivity index (χ1) is 14.9. The minimum absolute atomic E-state index is 0. The number of aryl methyl sites for hydroxylation is 3. The molecule has 32 heavy (non-hydrogen) atoms. The molecule has 0 amide bonds. The molecule has 170 valence electrons. The first kappa shape index (κ1) is 23.7. The normalized spacial score (nSPS) is 14.1. The highest BCUT2D eigenvalue weighted by Crippen LogP contribution is 2.41. The standard InChI is InChI=1S/C25H29N3O3.ClH/c1-7-18-10-17-11-21(30-5)22(31-6)12-19(17)20-13-23(27-25(29)28(18)20)26-24-15(3)8-14(2)9-16(24)4;/h8-9,11-13,18H,7,10H2,1-6H3,(H,26,27,29);1H. The Morgan fingerprint density at radius 1 is 1.03 bits per heavy atom. The Hall–Kier alpha value is -2.99. The number of methoxy groups -OCH3 is 2. The van der Waals surface area contributed by atoms with E-state index in [1.54, 1.807) is 14.2 Å². The number of nitrogens with zero attached hydrogens (tertiary/aromatic N) is 2. The van der Waals surface area contributed by atoms with E-state index < -0.39 is 0 Å². The van der Waals surface area contributed by atoms with Crippen molar-refractivity contribution in [3.63, 3.8) is 0 Å². The van der Waals surface area contributed by atoms with Gasteiger partial charge in [-0.05, 0) is 62.4 Å². The van der Waals surface area contributed by atoms with Crippen LogP contribution in [0.15, 0.2) is 35.1 Å². The van der Waals surface area contributed by atoms with Gasteiger partial charge < -0.3 is 14.8 Å². The summed E-state index contributed by atoms with van der Waals surface area (Å²) < 4.78 is 12.8. The molecular formula is C25H30ClN3O3. The average Bonchev–Trinajstić information content (AvgIpc) is 2.74. The Morgan fingerprint density at radius 2 is 1.66 bits per heavy atom. The number of nitrogens with one attached hydrogen (secondary N) is 1. The van der Waals surface area contributed by atoms with Gasteiger partial charge in [-0.1, -0.05) is 24.6 Å². The summed E-state index contributed by atoms with van der Waals surface area (Å²) in [6, 6.07) is 10.2. The van der Waals surface area contributed by atoms with Crippen LogP contribution in [0.3, 0.4) is 0 Å². The van der Waals surface area contributed by atoms with Gasteiger partial charge in [0.1, 0.15) is 5.82 Å². The molecule has 1 aliphatic heterocycles. The van der Waals surface area contributed by atoms with Crippen molar-refractivity contribution in [3.05, 3.63) is 63.1 Å². The highest BCUT2D eigenvalue weighted by atomic mass is 35.5. The topological polar surface area (TPSA) is 65.4 Å². The molecule has 0 saturated carbocycles. The summed E-state index contributed by atoms with van der Waals surface area (Å²) >= 11 is 0. The fourth-order valence-corrected chi connectivity index (χ4v) is 4.62. The summed E-state index contributed by atoms with van der Waals surface area (Å²) in [5.41, 5.74) is 7.16. The second-order valence-electron chi connectivity index (χ2n) is 8.21. The molecule has 2 heterocycles. The maximum atomic E-state index is 13.1. The van der Waals surface area contributed by atoms with Crippen LogP contribution in [0.4, 0.5) is 11.5 Å². The zero-order valence-corrected chi connectivity index (χ0v) is 20.2. The second-order valence-corrected chi connectivity index (χ2v) is 8.21. The van der Waals surface area contributed by atoms with E-state index in [4.69, 9.17) is 9.47 Å². The minimum Gasteiger partial charge on any atom is -0.493 e. The number of aromatic nitrogens is 2. The van der Waals surface area contributed by atoms with Crippen LogP contribution >= 0.6 is 12.4 Å². The molecule has 6 nitrogen and oxygen atoms in total. The van der Waals surface area contributed by atoms with Crippen molar-refractivity contribution in [2.45, 2.75) is 46.6 Å². The zero-order valence-electron chi connectivity index (χ0n) is 19.4. The predicted octanol–water partition coefficient (Wildman–Crippen LogP) is 5.53. The summed E-state index contributed by atoms with van der Waals surface area (Å²) in [6.45, 7) is 8.30. The quantitative estimate of drug-likeness (QED) is 0.548. The number of rotatable bonds is 5. The van der Waals surface area contributed by atoms with Gasteiger partial charge in [-0.3, -0.25) is 4.57 Å². The van der Waals surface area contributed by atoms with E-state index >= 15 is 0 Å². The average molecular weight is 456 g/mol. The summed E-state index contributed by atoms with van der Waals surface area (Å²) in [5, 5.41) is 3.39. The van der Waals surface area contributed by atoms with Crippen LogP contribution in [0.25, 0.3) is 11.3 Å². The van der Waals surface area contributed by atoms with E-state index in [1.807, 2.05) is 22.8 Å². The summed E-state index contributed by atoms with van der Waals surface area (Å²) in [4.78, 5) is 17.5. The molecule has 0 aliphatic carbocycles. The first-order valence-electron chi connectivity index (χ1n) is 10.6. The third-order valence-electron chi connectivity index (χ3n) is 6.06. The Balaban J connectivity index is 0.00000289. The lowest BCUT2D eigenvalue weighted by molar-refractivity contribution is 0.353. The van der Waals surface area contributed by atoms with Crippen molar-refractivity contribution in [3.8, 4) is 22.8 Å². The van der Waals surface area contributed by atoms with E-state index in [9.17, 15) is 4.79 Å². The molecule has 1 atom stereocenters. The molecule has 0 radical (unpaired) electrons. The van der Waals surface area contributed by atoms with Crippen LogP contribution in [-0.4, -0.2) is 23.8 Å². The monoisotopic (exact) mass is 455 g/mol. The number of hydrogen-bond acceptors (Lipinski definition) is 5. The minimum atomic E-state index is -0.241. The molecule has 4 rings (SSSR count). The van der Waals surface area contributed by atoms with E-state index in [0.29, 0.717) is 17.3 Å². The molecular weight excluding hydrogens is 426 g/mol. The molecule has 0 saturated heterocycles. The number of benzene rings is 2. The van der Waals surface area contributed by atoms with E-state index in [2.05, 4.69) is 50.1 Å². The van der Waals surface area contributed by atoms with Gasteiger partial charge in [0, 0.05) is 23.4 Å². The number of halogens is 1. The largest absolute Gasteiger partial charge is 0.493 e. The maximum absolute atomic E-state index is 13.1. The Labute approximate surface area is 195 Å². The van der Waals surface area contributed by atoms with Crippen molar-refractivity contribution >= 4 is 23.9 Å². The SMILES string of the molecule is CCC1Cc2cc(OC)c(OC)cc2-c2cc(Nc3c(C)cc(C)cc3C)nc(=O)n21.Cl. The molecule has 0 bridgehead atoms. The van der Waals surface area contributed by atoms with Crippen LogP contribution < -0.4 is 20.5 Å². The molecule has 7 heteroatoms. The van der Waals surface area contributed by atoms with Crippen molar-refractivity contribution in [2.24, 2.45) is 0 Å². The Bertz CT molecular complexity index is 1200. The van der Waals surface area contributed by atoms with E-state index in [0.717, 1.165) is 46.5 Å². The van der Waals surface area contributed by atoms with Gasteiger partial charge in [0.15, 0.2) is 11.5 Å². The van der Waals surface area contributed by atoms with Gasteiger partial charge in [-0.15, -0.1) is 12.4 Å². The van der Waals surface area contributed by atoms with Crippen LogP contribution in [0, 0.1) is 20.8 Å². The molecule has 1 aliphatic rings. The van der Waals surface area contributed by atoms with Crippen LogP contribution in [0.5, 0.6) is 11.5 Å². The zero-order chi connectivity index (χ0) is 22.3. The highest BCUT2D eigenvalue weighted by molar-refractivity contribution is 5.85. The Kier molecular flexibility index (Phi) is 6.84. The lowest BCUT2D eigenvalue weighted by Crippen LogP contribution is -2.32. The fourth-order valence-electron chi connectivity index (χ4n) is 4.62. The smallest absolute Gasteiger partial charge is 0.350 e. The van der Waals surface area contributed by atoms with Gasteiger partial charge in [0.05, 0.1) is 19.9 Å². The Morgan fingerprint density at radius 3 is 2.25 bits per heavy atom. The molecule has 0 spiro atoms. The molecule has 1 unspecified atom stereocenters. The van der Waals surface area contributed by atoms with Crippen molar-refractivity contribution in [1.82, 2.24) is 9.55 Å². The fraction of sp³-hybridized carbons (Fsp3) is 0.360. The molecule has 1 aromatic heterocycles. The van der Waals surface area contributed by atoms with Crippen molar-refractivity contribution in [1.29, 1.82) is 0 Å². The molecule has 1 N–H and O–H groups in total. The van der Waals surface area contributed by atoms with Crippen LogP contribution in [0.1, 0.15) is 41.6 Å². The summed E-state index contributed by atoms with van der Waals surface area (Å²) in [6.07, 6.45) is 1.59. The predicted molar refractivity (Wildman–Crippen MR) is 131 cm³/mol. The van der Waals surface area contributed by atoms with Crippen molar-refractivity contribution in [2.75, 3.05) is 19.5 Å². The lowest BCUT2D eigenvalue weighted by atomic mass is 9.91. The molecule has 0 fully saturated rings. The third kappa shape index (κ3) is 4.07. The lowest BCUT2D eigenvalue weighted by Gasteiger charge is -2.30. The highest BCUT2D eigenvalue weighted by Gasteiger charge is 2.27. The molecule has 3 aromatic rings. The van der Waals surface area contributed by atoms with Crippen LogP contribution in [0.2, 0.25) is 0 Å². The van der Waals surface area contributed by atoms with E-state index in [1.165, 1.54) is 5.56 Å². The van der Waals surface area contributed by atoms with Crippen LogP contribution in [-0.2, 0) is 6.42 Å². The number of ether oxygens (including phenoxy) is 2. The number of fused-ring (bicyclic) bond motifs is 3. The molecule has 2 aromatic carbocycles. The number of anilines is 2. The third-order valence-corrected chi connectivity index (χ3v) is 6.06. The van der Waals surface area contributed by atoms with Crippen molar-refractivity contribution < 1.29 is 9.47 Å². The first-order valence-corrected chi connectivity index (χ1v) is 10.6. The number of hydrogen-bond donors (Lipinski definition) is 1. The van der Waals surface area contributed by atoms with Gasteiger partial charge in [-0.25, -0.2) is 4.79 Å². The van der Waals surface area contributed by atoms with Gasteiger partial charge in [-0.2, -0.15) is 4.98 Å². The van der Waals surface area contributed by atoms with Gasteiger partial charge in [0.2, 0.25) is 0 Å². The maximum Gasteiger partial charge on any atom is 0.350 e. The van der Waals surface area contributed by atoms with E-state index in [-0.39, 0.29) is 24.1 Å². The van der Waals surface area contributed by atoms with Gasteiger partial charge in [0.25, 0.3) is 0 Å². The second kappa shape index (κ2) is 9.25. The summed E-state index contributed by atoms with van der Waals surface area (Å²) in [5.74, 6) is 1.89. The summed E-state index contributed by atoms with van der Waals surface area (Å²) in [7, 11) is 3.26. The van der Waals surface area contributed by atoms with Gasteiger partial charge >= 0.3 is 5.69 Å².